The summed E-state index contributed by atoms with van der Waals surface area (Å²) in [6.45, 7) is 5.71. The number of anilines is 2. The fraction of sp³-hybridized carbons (Fsp3) is 0.667. The first-order valence-electron chi connectivity index (χ1n) is 11.6. The van der Waals surface area contributed by atoms with Crippen LogP contribution in [0, 0.1) is 5.92 Å². The van der Waals surface area contributed by atoms with Crippen LogP contribution in [0.15, 0.2) is 18.2 Å². The van der Waals surface area contributed by atoms with Gasteiger partial charge < -0.3 is 25.2 Å². The van der Waals surface area contributed by atoms with Crippen molar-refractivity contribution in [3.63, 3.8) is 0 Å². The summed E-state index contributed by atoms with van der Waals surface area (Å²) in [5.74, 6) is 0.222. The number of amides is 3. The smallest absolute Gasteiger partial charge is 0.317 e. The molecule has 1 heterocycles. The number of rotatable bonds is 8. The summed E-state index contributed by atoms with van der Waals surface area (Å²) in [6, 6.07) is 5.95. The zero-order valence-corrected chi connectivity index (χ0v) is 19.4. The molecule has 1 saturated carbocycles. The monoisotopic (exact) mass is 430 g/mol. The molecule has 0 radical (unpaired) electrons. The van der Waals surface area contributed by atoms with Crippen molar-refractivity contribution < 1.29 is 14.3 Å². The molecule has 0 bridgehead atoms. The van der Waals surface area contributed by atoms with Crippen LogP contribution in [0.3, 0.4) is 0 Å². The third kappa shape index (κ3) is 6.60. The Morgan fingerprint density at radius 3 is 2.48 bits per heavy atom. The summed E-state index contributed by atoms with van der Waals surface area (Å²) in [5.41, 5.74) is 2.83. The van der Waals surface area contributed by atoms with Crippen LogP contribution in [-0.4, -0.2) is 56.2 Å². The van der Waals surface area contributed by atoms with Gasteiger partial charge in [-0.2, -0.15) is 0 Å². The van der Waals surface area contributed by atoms with Crippen LogP contribution in [0.1, 0.15) is 57.9 Å². The standard InChI is InChI=1S/C24H38N4O3/c1-17(2)25-24(30)28(16-21-10-7-13-31-21)15-19-14-20(11-12-22(19)27(3)4)26-23(29)18-8-5-6-9-18/h11-12,14,17-18,21H,5-10,13,15-16H2,1-4H3,(H,25,30)(H,26,29). The summed E-state index contributed by atoms with van der Waals surface area (Å²) < 4.78 is 5.80. The number of urea groups is 1. The summed E-state index contributed by atoms with van der Waals surface area (Å²) in [5, 5.41) is 6.11. The van der Waals surface area contributed by atoms with Gasteiger partial charge in [0.05, 0.1) is 6.10 Å². The van der Waals surface area contributed by atoms with Crippen molar-refractivity contribution in [2.24, 2.45) is 5.92 Å². The minimum absolute atomic E-state index is 0.0600. The lowest BCUT2D eigenvalue weighted by atomic mass is 10.1. The predicted octanol–water partition coefficient (Wildman–Crippen LogP) is 3.98. The van der Waals surface area contributed by atoms with Crippen molar-refractivity contribution in [3.05, 3.63) is 23.8 Å². The third-order valence-electron chi connectivity index (χ3n) is 6.06. The van der Waals surface area contributed by atoms with E-state index in [1.54, 1.807) is 0 Å². The molecule has 1 aromatic rings. The highest BCUT2D eigenvalue weighted by atomic mass is 16.5. The topological polar surface area (TPSA) is 73.9 Å². The molecule has 7 heteroatoms. The van der Waals surface area contributed by atoms with Gasteiger partial charge in [-0.25, -0.2) is 4.79 Å². The minimum Gasteiger partial charge on any atom is -0.377 e. The van der Waals surface area contributed by atoms with Gasteiger partial charge in [-0.3, -0.25) is 4.79 Å². The molecule has 3 rings (SSSR count). The largest absolute Gasteiger partial charge is 0.377 e. The zero-order chi connectivity index (χ0) is 22.4. The van der Waals surface area contributed by atoms with Crippen molar-refractivity contribution in [3.8, 4) is 0 Å². The average molecular weight is 431 g/mol. The molecule has 7 nitrogen and oxygen atoms in total. The van der Waals surface area contributed by atoms with Crippen molar-refractivity contribution in [1.29, 1.82) is 0 Å². The highest BCUT2D eigenvalue weighted by molar-refractivity contribution is 5.93. The molecular formula is C24H38N4O3. The van der Waals surface area contributed by atoms with E-state index in [1.165, 1.54) is 0 Å². The molecule has 172 valence electrons. The van der Waals surface area contributed by atoms with E-state index in [9.17, 15) is 9.59 Å². The van der Waals surface area contributed by atoms with Gasteiger partial charge in [-0.1, -0.05) is 12.8 Å². The molecule has 1 aliphatic heterocycles. The number of carbonyl (C=O) groups excluding carboxylic acids is 2. The summed E-state index contributed by atoms with van der Waals surface area (Å²) >= 11 is 0. The maximum Gasteiger partial charge on any atom is 0.317 e. The summed E-state index contributed by atoms with van der Waals surface area (Å²) in [6.07, 6.45) is 6.29. The Hall–Kier alpha value is -2.28. The Kier molecular flexibility index (Phi) is 8.18. The first-order valence-corrected chi connectivity index (χ1v) is 11.6. The van der Waals surface area contributed by atoms with Crippen molar-refractivity contribution in [1.82, 2.24) is 10.2 Å². The molecule has 1 saturated heterocycles. The van der Waals surface area contributed by atoms with Crippen LogP contribution in [0.2, 0.25) is 0 Å². The van der Waals surface area contributed by atoms with E-state index < -0.39 is 0 Å². The van der Waals surface area contributed by atoms with Gasteiger partial charge in [0.15, 0.2) is 0 Å². The Morgan fingerprint density at radius 1 is 1.13 bits per heavy atom. The molecule has 1 atom stereocenters. The number of hydrogen-bond acceptors (Lipinski definition) is 4. The van der Waals surface area contributed by atoms with Gasteiger partial charge in [0.25, 0.3) is 0 Å². The number of nitrogens with one attached hydrogen (secondary N) is 2. The second-order valence-electron chi connectivity index (χ2n) is 9.33. The van der Waals surface area contributed by atoms with Crippen LogP contribution in [0.5, 0.6) is 0 Å². The lowest BCUT2D eigenvalue weighted by Gasteiger charge is -2.29. The zero-order valence-electron chi connectivity index (χ0n) is 19.4. The van der Waals surface area contributed by atoms with Crippen LogP contribution >= 0.6 is 0 Å². The number of ether oxygens (including phenoxy) is 1. The molecule has 1 aromatic carbocycles. The van der Waals surface area contributed by atoms with Gasteiger partial charge >= 0.3 is 6.03 Å². The van der Waals surface area contributed by atoms with Crippen LogP contribution in [0.4, 0.5) is 16.2 Å². The summed E-state index contributed by atoms with van der Waals surface area (Å²) in [7, 11) is 3.99. The quantitative estimate of drug-likeness (QED) is 0.654. The number of benzene rings is 1. The number of nitrogens with zero attached hydrogens (tertiary/aromatic N) is 2. The maximum atomic E-state index is 12.9. The maximum absolute atomic E-state index is 12.9. The van der Waals surface area contributed by atoms with E-state index in [0.717, 1.165) is 62.1 Å². The molecule has 0 aromatic heterocycles. The van der Waals surface area contributed by atoms with Gasteiger partial charge in [-0.05, 0) is 63.3 Å². The second-order valence-corrected chi connectivity index (χ2v) is 9.33. The Bertz CT molecular complexity index is 753. The fourth-order valence-electron chi connectivity index (χ4n) is 4.46. The molecule has 1 unspecified atom stereocenters. The van der Waals surface area contributed by atoms with Gasteiger partial charge in [0, 0.05) is 57.1 Å². The van der Waals surface area contributed by atoms with Crippen LogP contribution in [0.25, 0.3) is 0 Å². The highest BCUT2D eigenvalue weighted by Gasteiger charge is 2.25. The van der Waals surface area contributed by atoms with Crippen LogP contribution < -0.4 is 15.5 Å². The lowest BCUT2D eigenvalue weighted by molar-refractivity contribution is -0.119. The normalized spacial score (nSPS) is 18.9. The van der Waals surface area contributed by atoms with E-state index in [1.807, 2.05) is 55.9 Å². The molecule has 2 N–H and O–H groups in total. The SMILES string of the molecule is CC(C)NC(=O)N(Cc1cc(NC(=O)C2CCCC2)ccc1N(C)C)CC1CCCO1. The summed E-state index contributed by atoms with van der Waals surface area (Å²) in [4.78, 5) is 29.4. The van der Waals surface area contributed by atoms with Crippen molar-refractivity contribution >= 4 is 23.3 Å². The van der Waals surface area contributed by atoms with Crippen molar-refractivity contribution in [2.75, 3.05) is 37.5 Å². The predicted molar refractivity (Wildman–Crippen MR) is 124 cm³/mol. The number of hydrogen-bond donors (Lipinski definition) is 2. The van der Waals surface area contributed by atoms with Gasteiger partial charge in [0.1, 0.15) is 0 Å². The first-order chi connectivity index (χ1) is 14.8. The molecule has 31 heavy (non-hydrogen) atoms. The third-order valence-corrected chi connectivity index (χ3v) is 6.06. The molecular weight excluding hydrogens is 392 g/mol. The van der Waals surface area contributed by atoms with E-state index >= 15 is 0 Å². The Labute approximate surface area is 186 Å². The van der Waals surface area contributed by atoms with E-state index in [4.69, 9.17) is 4.74 Å². The van der Waals surface area contributed by atoms with Gasteiger partial charge in [0.2, 0.25) is 5.91 Å². The van der Waals surface area contributed by atoms with Gasteiger partial charge in [-0.15, -0.1) is 0 Å². The highest BCUT2D eigenvalue weighted by Crippen LogP contribution is 2.28. The minimum atomic E-state index is -0.0874. The Morgan fingerprint density at radius 2 is 1.87 bits per heavy atom. The van der Waals surface area contributed by atoms with Crippen LogP contribution in [-0.2, 0) is 16.1 Å². The lowest BCUT2D eigenvalue weighted by Crippen LogP contribution is -2.45. The van der Waals surface area contributed by atoms with Crippen molar-refractivity contribution in [2.45, 2.75) is 71.1 Å². The molecule has 0 spiro atoms. The molecule has 1 aliphatic carbocycles. The van der Waals surface area contributed by atoms with E-state index in [0.29, 0.717) is 13.1 Å². The van der Waals surface area contributed by atoms with E-state index in [-0.39, 0.29) is 30.0 Å². The fourth-order valence-corrected chi connectivity index (χ4v) is 4.46. The molecule has 2 aliphatic rings. The molecule has 2 fully saturated rings. The average Bonchev–Trinajstić information content (AvgIpc) is 3.41. The van der Waals surface area contributed by atoms with E-state index in [2.05, 4.69) is 10.6 Å². The Balaban J connectivity index is 1.79. The second kappa shape index (κ2) is 10.8. The first kappa shape index (κ1) is 23.4. The number of carbonyl (C=O) groups is 2. The molecule has 3 amide bonds.